The number of carbonyl (C=O) groups is 2. The van der Waals surface area contributed by atoms with Crippen LogP contribution < -0.4 is 4.74 Å². The molecule has 0 atom stereocenters. The van der Waals surface area contributed by atoms with Gasteiger partial charge in [-0.3, -0.25) is 4.79 Å². The van der Waals surface area contributed by atoms with Gasteiger partial charge in [-0.05, 0) is 60.0 Å². The lowest BCUT2D eigenvalue weighted by Gasteiger charge is -2.14. The number of carbonyl (C=O) groups excluding carboxylic acids is 1. The van der Waals surface area contributed by atoms with Gasteiger partial charge in [0.05, 0.1) is 17.3 Å². The fourth-order valence-corrected chi connectivity index (χ4v) is 4.69. The van der Waals surface area contributed by atoms with Gasteiger partial charge in [-0.15, -0.1) is 0 Å². The number of carboxylic acid groups (broad SMARTS) is 1. The van der Waals surface area contributed by atoms with Crippen molar-refractivity contribution in [3.8, 4) is 5.75 Å². The Morgan fingerprint density at radius 1 is 0.789 bits per heavy atom. The zero-order valence-corrected chi connectivity index (χ0v) is 21.4. The summed E-state index contributed by atoms with van der Waals surface area (Å²) in [5.41, 5.74) is 5.18. The lowest BCUT2D eigenvalue weighted by molar-refractivity contribution is -0.130. The van der Waals surface area contributed by atoms with Gasteiger partial charge in [-0.1, -0.05) is 66.2 Å². The van der Waals surface area contributed by atoms with Gasteiger partial charge < -0.3 is 9.84 Å². The molecular weight excluding hydrogens is 496 g/mol. The highest BCUT2D eigenvalue weighted by atomic mass is 32.1. The molecule has 1 heterocycles. The van der Waals surface area contributed by atoms with Crippen molar-refractivity contribution in [2.24, 2.45) is 0 Å². The molecule has 0 amide bonds. The van der Waals surface area contributed by atoms with E-state index in [1.807, 2.05) is 61.5 Å². The maximum Gasteiger partial charge on any atom is 0.336 e. The molecule has 0 aliphatic carbocycles. The Bertz CT molecular complexity index is 1620. The number of benzene rings is 4. The fourth-order valence-electron chi connectivity index (χ4n) is 4.17. The standard InChI is InChI=1S/C31H24N2O4S/c1-20-7-9-21(10-8-20)17-26(29(31(35)36)24-13-16-27-28(18-24)33-38-32-27)30(34)23-11-14-25(15-12-23)37-19-22-5-3-2-4-6-22/h2-16,18H,17,19H2,1H3,(H,35,36). The van der Waals surface area contributed by atoms with E-state index in [0.29, 0.717) is 34.5 Å². The molecule has 0 saturated carbocycles. The van der Waals surface area contributed by atoms with Crippen molar-refractivity contribution in [2.75, 3.05) is 0 Å². The number of aromatic nitrogens is 2. The van der Waals surface area contributed by atoms with Crippen molar-refractivity contribution >= 4 is 40.1 Å². The first-order valence-corrected chi connectivity index (χ1v) is 12.8. The second-order valence-corrected chi connectivity index (χ2v) is 9.45. The summed E-state index contributed by atoms with van der Waals surface area (Å²) >= 11 is 1.06. The molecule has 1 aromatic heterocycles. The molecule has 0 bridgehead atoms. The average Bonchev–Trinajstić information content (AvgIpc) is 3.41. The van der Waals surface area contributed by atoms with Gasteiger partial charge >= 0.3 is 5.97 Å². The van der Waals surface area contributed by atoms with E-state index >= 15 is 0 Å². The van der Waals surface area contributed by atoms with Crippen LogP contribution in [-0.4, -0.2) is 25.6 Å². The van der Waals surface area contributed by atoms with Crippen LogP contribution in [0, 0.1) is 6.92 Å². The maximum absolute atomic E-state index is 13.9. The lowest BCUT2D eigenvalue weighted by Crippen LogP contribution is -2.14. The average molecular weight is 521 g/mol. The summed E-state index contributed by atoms with van der Waals surface area (Å²) in [5.74, 6) is -0.908. The minimum absolute atomic E-state index is 0.0464. The van der Waals surface area contributed by atoms with Crippen molar-refractivity contribution in [3.05, 3.63) is 130 Å². The Morgan fingerprint density at radius 2 is 1.47 bits per heavy atom. The number of hydrogen-bond acceptors (Lipinski definition) is 6. The van der Waals surface area contributed by atoms with Gasteiger partial charge in [-0.25, -0.2) is 4.79 Å². The van der Waals surface area contributed by atoms with Crippen molar-refractivity contribution in [1.29, 1.82) is 0 Å². The monoisotopic (exact) mass is 520 g/mol. The quantitative estimate of drug-likeness (QED) is 0.175. The third-order valence-corrected chi connectivity index (χ3v) is 6.76. The lowest BCUT2D eigenvalue weighted by atomic mass is 9.89. The van der Waals surface area contributed by atoms with Crippen molar-refractivity contribution in [2.45, 2.75) is 20.0 Å². The van der Waals surface area contributed by atoms with Crippen LogP contribution in [-0.2, 0) is 17.8 Å². The summed E-state index contributed by atoms with van der Waals surface area (Å²) in [4.78, 5) is 26.5. The number of carboxylic acids is 1. The van der Waals surface area contributed by atoms with Gasteiger partial charge in [0.2, 0.25) is 0 Å². The third kappa shape index (κ3) is 5.68. The van der Waals surface area contributed by atoms with E-state index in [9.17, 15) is 14.7 Å². The molecule has 6 nitrogen and oxygen atoms in total. The summed E-state index contributed by atoms with van der Waals surface area (Å²) in [6.45, 7) is 2.39. The van der Waals surface area contributed by atoms with Crippen LogP contribution in [0.25, 0.3) is 16.6 Å². The number of Topliss-reactive ketones (excluding diaryl/α,β-unsaturated/α-hetero) is 1. The Kier molecular flexibility index (Phi) is 7.38. The number of ether oxygens (including phenoxy) is 1. The molecule has 0 fully saturated rings. The van der Waals surface area contributed by atoms with Crippen molar-refractivity contribution < 1.29 is 19.4 Å². The van der Waals surface area contributed by atoms with Crippen LogP contribution in [0.2, 0.25) is 0 Å². The molecule has 0 unspecified atom stereocenters. The Balaban J connectivity index is 1.51. The first-order chi connectivity index (χ1) is 18.5. The molecule has 0 spiro atoms. The molecular formula is C31H24N2O4S. The predicted molar refractivity (Wildman–Crippen MR) is 148 cm³/mol. The minimum Gasteiger partial charge on any atom is -0.489 e. The number of hydrogen-bond donors (Lipinski definition) is 1. The highest BCUT2D eigenvalue weighted by Crippen LogP contribution is 2.28. The van der Waals surface area contributed by atoms with Crippen LogP contribution in [0.5, 0.6) is 5.75 Å². The van der Waals surface area contributed by atoms with Gasteiger partial charge in [0.25, 0.3) is 0 Å². The molecule has 0 saturated heterocycles. The summed E-state index contributed by atoms with van der Waals surface area (Å²) in [6, 6.07) is 29.4. The first-order valence-electron chi connectivity index (χ1n) is 12.0. The van der Waals surface area contributed by atoms with Gasteiger partial charge in [-0.2, -0.15) is 8.75 Å². The number of aryl methyl sites for hydroxylation is 1. The van der Waals surface area contributed by atoms with Gasteiger partial charge in [0.15, 0.2) is 5.78 Å². The third-order valence-electron chi connectivity index (χ3n) is 6.20. The van der Waals surface area contributed by atoms with E-state index < -0.39 is 5.97 Å². The van der Waals surface area contributed by atoms with E-state index in [4.69, 9.17) is 4.74 Å². The van der Waals surface area contributed by atoms with Gasteiger partial charge in [0.1, 0.15) is 23.4 Å². The summed E-state index contributed by atoms with van der Waals surface area (Å²) in [7, 11) is 0. The number of ketones is 1. The normalized spacial score (nSPS) is 11.7. The van der Waals surface area contributed by atoms with Crippen LogP contribution in [0.15, 0.2) is 103 Å². The molecule has 7 heteroatoms. The largest absolute Gasteiger partial charge is 0.489 e. The molecule has 5 aromatic rings. The molecule has 0 aliphatic heterocycles. The molecule has 188 valence electrons. The highest BCUT2D eigenvalue weighted by molar-refractivity contribution is 7.00. The minimum atomic E-state index is -1.18. The van der Waals surface area contributed by atoms with Crippen LogP contribution in [0.3, 0.4) is 0 Å². The molecule has 0 aliphatic rings. The fraction of sp³-hybridized carbons (Fsp3) is 0.0968. The zero-order chi connectivity index (χ0) is 26.5. The highest BCUT2D eigenvalue weighted by Gasteiger charge is 2.24. The number of rotatable bonds is 9. The van der Waals surface area contributed by atoms with E-state index in [0.717, 1.165) is 28.4 Å². The van der Waals surface area contributed by atoms with Crippen LogP contribution in [0.4, 0.5) is 0 Å². The van der Waals surface area contributed by atoms with Crippen LogP contribution >= 0.6 is 11.7 Å². The number of nitrogens with zero attached hydrogens (tertiary/aromatic N) is 2. The second kappa shape index (κ2) is 11.2. The summed E-state index contributed by atoms with van der Waals surface area (Å²) in [6.07, 6.45) is 0.167. The number of aliphatic carboxylic acids is 1. The molecule has 5 rings (SSSR count). The van der Waals surface area contributed by atoms with Gasteiger partial charge in [0, 0.05) is 17.6 Å². The predicted octanol–water partition coefficient (Wildman–Crippen LogP) is 6.54. The van der Waals surface area contributed by atoms with Crippen molar-refractivity contribution in [3.63, 3.8) is 0 Å². The molecule has 1 N–H and O–H groups in total. The maximum atomic E-state index is 13.9. The first kappa shape index (κ1) is 25.0. The van der Waals surface area contributed by atoms with E-state index in [-0.39, 0.29) is 23.4 Å². The van der Waals surface area contributed by atoms with E-state index in [2.05, 4.69) is 8.75 Å². The topological polar surface area (TPSA) is 89.4 Å². The van der Waals surface area contributed by atoms with Crippen molar-refractivity contribution in [1.82, 2.24) is 8.75 Å². The Hall–Kier alpha value is -4.62. The van der Waals surface area contributed by atoms with E-state index in [1.54, 1.807) is 42.5 Å². The summed E-state index contributed by atoms with van der Waals surface area (Å²) < 4.78 is 14.3. The summed E-state index contributed by atoms with van der Waals surface area (Å²) in [5, 5.41) is 10.3. The second-order valence-electron chi connectivity index (χ2n) is 8.92. The number of allylic oxidation sites excluding steroid dienone is 1. The number of fused-ring (bicyclic) bond motifs is 1. The van der Waals surface area contributed by atoms with Crippen LogP contribution in [0.1, 0.15) is 32.6 Å². The Morgan fingerprint density at radius 3 is 2.18 bits per heavy atom. The molecule has 38 heavy (non-hydrogen) atoms. The molecule has 4 aromatic carbocycles. The molecule has 0 radical (unpaired) electrons. The SMILES string of the molecule is Cc1ccc(CC(C(=O)c2ccc(OCc3ccccc3)cc2)=C(C(=O)O)c2ccc3nsnc3c2)cc1. The van der Waals surface area contributed by atoms with E-state index in [1.165, 1.54) is 0 Å². The Labute approximate surface area is 224 Å². The smallest absolute Gasteiger partial charge is 0.336 e. The zero-order valence-electron chi connectivity index (χ0n) is 20.6.